The predicted molar refractivity (Wildman–Crippen MR) is 145 cm³/mol. The smallest absolute Gasteiger partial charge is 0.308 e. The van der Waals surface area contributed by atoms with Gasteiger partial charge in [0.15, 0.2) is 0 Å². The monoisotopic (exact) mass is 503 g/mol. The van der Waals surface area contributed by atoms with Crippen LogP contribution in [-0.2, 0) is 14.3 Å². The van der Waals surface area contributed by atoms with Crippen molar-refractivity contribution in [1.29, 1.82) is 0 Å². The molecule has 0 bridgehead atoms. The molecule has 2 unspecified atom stereocenters. The Kier molecular flexibility index (Phi) is 9.39. The summed E-state index contributed by atoms with van der Waals surface area (Å²) in [7, 11) is 0. The lowest BCUT2D eigenvalue weighted by molar-refractivity contribution is -0.144. The Morgan fingerprint density at radius 3 is 2.38 bits per heavy atom. The number of aryl methyl sites for hydroxylation is 3. The maximum atomic E-state index is 13.7. The highest BCUT2D eigenvalue weighted by molar-refractivity contribution is 5.82. The fourth-order valence-corrected chi connectivity index (χ4v) is 4.57. The minimum absolute atomic E-state index is 0.0347. The molecule has 0 saturated heterocycles. The zero-order chi connectivity index (χ0) is 27.1. The highest BCUT2D eigenvalue weighted by Crippen LogP contribution is 2.29. The summed E-state index contributed by atoms with van der Waals surface area (Å²) in [4.78, 5) is 43.5. The molecule has 7 heteroatoms. The van der Waals surface area contributed by atoms with Crippen molar-refractivity contribution < 1.29 is 14.3 Å². The average Bonchev–Trinajstić information content (AvgIpc) is 2.82. The second-order valence-electron chi connectivity index (χ2n) is 9.91. The second kappa shape index (κ2) is 12.5. The molecule has 0 radical (unpaired) electrons. The summed E-state index contributed by atoms with van der Waals surface area (Å²) in [5.41, 5.74) is 5.32. The number of rotatable bonds is 10. The molecule has 3 aromatic rings. The van der Waals surface area contributed by atoms with Crippen molar-refractivity contribution in [3.8, 4) is 11.3 Å². The molecular weight excluding hydrogens is 466 g/mol. The number of carbonyl (C=O) groups is 2. The van der Waals surface area contributed by atoms with E-state index in [9.17, 15) is 14.4 Å². The maximum Gasteiger partial charge on any atom is 0.308 e. The Hall–Kier alpha value is -3.74. The van der Waals surface area contributed by atoms with Crippen LogP contribution >= 0.6 is 0 Å². The standard InChI is InChI=1S/C30H37N3O4/c1-7-37-28(35)18-24(23-11-13-31-25(17-23)29-21(5)9-8-10-22(29)6)32-30(36)26(15-19(2)3)33-14-12-20(4)16-27(33)34/h8-14,16-17,19,24,26H,7,15,18H2,1-6H3,(H,32,36). The van der Waals surface area contributed by atoms with E-state index < -0.39 is 18.1 Å². The lowest BCUT2D eigenvalue weighted by atomic mass is 9.96. The quantitative estimate of drug-likeness (QED) is 0.383. The van der Waals surface area contributed by atoms with E-state index in [1.165, 1.54) is 10.6 Å². The van der Waals surface area contributed by atoms with Crippen molar-refractivity contribution in [2.45, 2.75) is 66.5 Å². The number of amides is 1. The summed E-state index contributed by atoms with van der Waals surface area (Å²) in [6.07, 6.45) is 3.80. The molecule has 0 spiro atoms. The Bertz CT molecular complexity index is 1290. The molecular formula is C30H37N3O4. The molecule has 3 rings (SSSR count). The summed E-state index contributed by atoms with van der Waals surface area (Å²) >= 11 is 0. The minimum Gasteiger partial charge on any atom is -0.466 e. The van der Waals surface area contributed by atoms with E-state index in [0.29, 0.717) is 6.42 Å². The Morgan fingerprint density at radius 1 is 1.05 bits per heavy atom. The Balaban J connectivity index is 2.00. The van der Waals surface area contributed by atoms with Gasteiger partial charge in [-0.2, -0.15) is 0 Å². The van der Waals surface area contributed by atoms with Crippen LogP contribution in [0.1, 0.15) is 68.0 Å². The van der Waals surface area contributed by atoms with Gasteiger partial charge in [-0.1, -0.05) is 32.0 Å². The Labute approximate surface area is 218 Å². The molecule has 2 heterocycles. The van der Waals surface area contributed by atoms with Gasteiger partial charge in [0.25, 0.3) is 5.56 Å². The number of hydrogen-bond acceptors (Lipinski definition) is 5. The fraction of sp³-hybridized carbons (Fsp3) is 0.400. The zero-order valence-corrected chi connectivity index (χ0v) is 22.6. The number of hydrogen-bond donors (Lipinski definition) is 1. The molecule has 37 heavy (non-hydrogen) atoms. The SMILES string of the molecule is CCOC(=O)CC(NC(=O)C(CC(C)C)n1ccc(C)cc1=O)c1ccnc(-c2c(C)cccc2C)c1. The summed E-state index contributed by atoms with van der Waals surface area (Å²) in [5, 5.41) is 3.05. The molecule has 2 aromatic heterocycles. The van der Waals surface area contributed by atoms with Crippen LogP contribution in [0.3, 0.4) is 0 Å². The van der Waals surface area contributed by atoms with E-state index in [1.807, 2.05) is 65.0 Å². The predicted octanol–water partition coefficient (Wildman–Crippen LogP) is 5.23. The van der Waals surface area contributed by atoms with Crippen LogP contribution in [-0.4, -0.2) is 28.0 Å². The number of pyridine rings is 2. The number of ether oxygens (including phenoxy) is 1. The van der Waals surface area contributed by atoms with Crippen molar-refractivity contribution >= 4 is 11.9 Å². The fourth-order valence-electron chi connectivity index (χ4n) is 4.57. The third-order valence-electron chi connectivity index (χ3n) is 6.35. The van der Waals surface area contributed by atoms with E-state index in [4.69, 9.17) is 4.74 Å². The van der Waals surface area contributed by atoms with E-state index in [0.717, 1.165) is 33.5 Å². The van der Waals surface area contributed by atoms with Crippen molar-refractivity contribution in [2.75, 3.05) is 6.61 Å². The van der Waals surface area contributed by atoms with Gasteiger partial charge in [-0.3, -0.25) is 19.4 Å². The lowest BCUT2D eigenvalue weighted by Crippen LogP contribution is -2.40. The molecule has 0 aliphatic heterocycles. The van der Waals surface area contributed by atoms with Gasteiger partial charge in [0.2, 0.25) is 5.91 Å². The van der Waals surface area contributed by atoms with E-state index in [1.54, 1.807) is 25.4 Å². The van der Waals surface area contributed by atoms with Crippen molar-refractivity contribution in [2.24, 2.45) is 5.92 Å². The third-order valence-corrected chi connectivity index (χ3v) is 6.35. The van der Waals surface area contributed by atoms with E-state index in [2.05, 4.69) is 10.3 Å². The number of esters is 1. The maximum absolute atomic E-state index is 13.7. The largest absolute Gasteiger partial charge is 0.466 e. The number of benzene rings is 1. The molecule has 196 valence electrons. The van der Waals surface area contributed by atoms with Gasteiger partial charge < -0.3 is 14.6 Å². The second-order valence-corrected chi connectivity index (χ2v) is 9.91. The molecule has 1 amide bonds. The summed E-state index contributed by atoms with van der Waals surface area (Å²) in [5.74, 6) is -0.561. The minimum atomic E-state index is -0.710. The van der Waals surface area contributed by atoms with Crippen LogP contribution in [0.25, 0.3) is 11.3 Å². The van der Waals surface area contributed by atoms with Gasteiger partial charge in [0, 0.05) is 24.0 Å². The topological polar surface area (TPSA) is 90.3 Å². The van der Waals surface area contributed by atoms with Crippen LogP contribution in [0, 0.1) is 26.7 Å². The van der Waals surface area contributed by atoms with Crippen LogP contribution < -0.4 is 10.9 Å². The van der Waals surface area contributed by atoms with E-state index >= 15 is 0 Å². The van der Waals surface area contributed by atoms with Crippen molar-refractivity contribution in [3.63, 3.8) is 0 Å². The number of carbonyl (C=O) groups excluding carboxylic acids is 2. The van der Waals surface area contributed by atoms with Crippen molar-refractivity contribution in [1.82, 2.24) is 14.9 Å². The first-order valence-electron chi connectivity index (χ1n) is 12.8. The van der Waals surface area contributed by atoms with Crippen LogP contribution in [0.5, 0.6) is 0 Å². The first-order chi connectivity index (χ1) is 17.6. The highest BCUT2D eigenvalue weighted by atomic mass is 16.5. The van der Waals surface area contributed by atoms with Crippen molar-refractivity contribution in [3.05, 3.63) is 87.5 Å². The normalized spacial score (nSPS) is 12.7. The molecule has 1 aromatic carbocycles. The van der Waals surface area contributed by atoms with E-state index in [-0.39, 0.29) is 30.4 Å². The number of nitrogens with one attached hydrogen (secondary N) is 1. The van der Waals surface area contributed by atoms with Crippen LogP contribution in [0.2, 0.25) is 0 Å². The molecule has 0 saturated carbocycles. The average molecular weight is 504 g/mol. The number of aromatic nitrogens is 2. The molecule has 1 N–H and O–H groups in total. The Morgan fingerprint density at radius 2 is 1.76 bits per heavy atom. The highest BCUT2D eigenvalue weighted by Gasteiger charge is 2.27. The summed E-state index contributed by atoms with van der Waals surface area (Å²) in [6.45, 7) is 11.9. The zero-order valence-electron chi connectivity index (χ0n) is 22.6. The summed E-state index contributed by atoms with van der Waals surface area (Å²) in [6, 6.07) is 11.8. The molecule has 7 nitrogen and oxygen atoms in total. The molecule has 2 atom stereocenters. The van der Waals surface area contributed by atoms with Crippen LogP contribution in [0.4, 0.5) is 0 Å². The third kappa shape index (κ3) is 7.15. The molecule has 0 fully saturated rings. The van der Waals surface area contributed by atoms with Gasteiger partial charge in [0.05, 0.1) is 24.8 Å². The van der Waals surface area contributed by atoms with Gasteiger partial charge >= 0.3 is 5.97 Å². The first-order valence-corrected chi connectivity index (χ1v) is 12.8. The van der Waals surface area contributed by atoms with Gasteiger partial charge in [0.1, 0.15) is 6.04 Å². The number of nitrogens with zero attached hydrogens (tertiary/aromatic N) is 2. The first kappa shape index (κ1) is 27.8. The van der Waals surface area contributed by atoms with Crippen LogP contribution in [0.15, 0.2) is 59.7 Å². The molecule has 0 aliphatic rings. The molecule has 0 aliphatic carbocycles. The van der Waals surface area contributed by atoms with Gasteiger partial charge in [-0.25, -0.2) is 0 Å². The van der Waals surface area contributed by atoms with Gasteiger partial charge in [-0.05, 0) is 80.5 Å². The van der Waals surface area contributed by atoms with Gasteiger partial charge in [-0.15, -0.1) is 0 Å². The lowest BCUT2D eigenvalue weighted by Gasteiger charge is -2.25. The summed E-state index contributed by atoms with van der Waals surface area (Å²) < 4.78 is 6.68.